The first-order chi connectivity index (χ1) is 11.1. The molecule has 5 nitrogen and oxygen atoms in total. The first-order valence-electron chi connectivity index (χ1n) is 7.36. The highest BCUT2D eigenvalue weighted by molar-refractivity contribution is 9.10. The molecule has 0 atom stereocenters. The number of rotatable bonds is 3. The van der Waals surface area contributed by atoms with Gasteiger partial charge in [-0.1, -0.05) is 28.1 Å². The van der Waals surface area contributed by atoms with E-state index in [1.807, 2.05) is 24.3 Å². The molecule has 0 radical (unpaired) electrons. The Morgan fingerprint density at radius 2 is 1.87 bits per heavy atom. The van der Waals surface area contributed by atoms with Crippen LogP contribution in [0, 0.1) is 0 Å². The highest BCUT2D eigenvalue weighted by Gasteiger charge is 2.51. The van der Waals surface area contributed by atoms with Crippen LogP contribution < -0.4 is 11.0 Å². The molecule has 23 heavy (non-hydrogen) atoms. The fourth-order valence-electron chi connectivity index (χ4n) is 2.92. The van der Waals surface area contributed by atoms with Gasteiger partial charge in [0, 0.05) is 10.2 Å². The number of hydrogen-bond donors (Lipinski definition) is 3. The number of benzene rings is 2. The van der Waals surface area contributed by atoms with E-state index >= 15 is 0 Å². The third kappa shape index (κ3) is 2.49. The molecule has 1 aliphatic rings. The predicted octanol–water partition coefficient (Wildman–Crippen LogP) is 3.29. The number of amides is 1. The SMILES string of the molecule is O=C(Nc1ccc2[nH]c(=O)[nH]c2c1)C1(c2cccc(Br)c2)CC1. The molecule has 0 saturated heterocycles. The molecule has 6 heteroatoms. The maximum Gasteiger partial charge on any atom is 0.323 e. The zero-order valence-electron chi connectivity index (χ0n) is 12.2. The fraction of sp³-hybridized carbons (Fsp3) is 0.176. The summed E-state index contributed by atoms with van der Waals surface area (Å²) in [6.45, 7) is 0. The summed E-state index contributed by atoms with van der Waals surface area (Å²) in [5, 5.41) is 2.97. The summed E-state index contributed by atoms with van der Waals surface area (Å²) in [6, 6.07) is 13.2. The van der Waals surface area contributed by atoms with Gasteiger partial charge >= 0.3 is 5.69 Å². The number of halogens is 1. The van der Waals surface area contributed by atoms with Crippen molar-refractivity contribution < 1.29 is 4.79 Å². The normalized spacial score (nSPS) is 15.5. The van der Waals surface area contributed by atoms with Gasteiger partial charge in [0.2, 0.25) is 5.91 Å². The highest BCUT2D eigenvalue weighted by Crippen LogP contribution is 2.49. The number of fused-ring (bicyclic) bond motifs is 1. The largest absolute Gasteiger partial charge is 0.325 e. The Balaban J connectivity index is 1.62. The van der Waals surface area contributed by atoms with Crippen LogP contribution in [0.3, 0.4) is 0 Å². The maximum absolute atomic E-state index is 12.7. The van der Waals surface area contributed by atoms with Crippen LogP contribution in [0.4, 0.5) is 5.69 Å². The van der Waals surface area contributed by atoms with Gasteiger partial charge in [-0.25, -0.2) is 4.79 Å². The molecule has 3 N–H and O–H groups in total. The van der Waals surface area contributed by atoms with Crippen molar-refractivity contribution in [3.63, 3.8) is 0 Å². The van der Waals surface area contributed by atoms with E-state index in [0.29, 0.717) is 11.2 Å². The first-order valence-corrected chi connectivity index (χ1v) is 8.16. The Kier molecular flexibility index (Phi) is 3.16. The lowest BCUT2D eigenvalue weighted by Gasteiger charge is -2.16. The molecule has 1 heterocycles. The molecule has 4 rings (SSSR count). The molecular formula is C17H14BrN3O2. The third-order valence-corrected chi connectivity index (χ3v) is 4.83. The lowest BCUT2D eigenvalue weighted by molar-refractivity contribution is -0.118. The molecule has 2 aromatic carbocycles. The summed E-state index contributed by atoms with van der Waals surface area (Å²) >= 11 is 3.46. The van der Waals surface area contributed by atoms with Gasteiger partial charge in [0.1, 0.15) is 0 Å². The van der Waals surface area contributed by atoms with Crippen LogP contribution in [0.15, 0.2) is 51.7 Å². The van der Waals surface area contributed by atoms with Gasteiger partial charge in [0.15, 0.2) is 0 Å². The summed E-state index contributed by atoms with van der Waals surface area (Å²) in [5.74, 6) is -0.00664. The first kappa shape index (κ1) is 14.3. The van der Waals surface area contributed by atoms with E-state index in [1.165, 1.54) is 0 Å². The van der Waals surface area contributed by atoms with Gasteiger partial charge in [-0.2, -0.15) is 0 Å². The van der Waals surface area contributed by atoms with Crippen LogP contribution in [0.5, 0.6) is 0 Å². The van der Waals surface area contributed by atoms with E-state index in [0.717, 1.165) is 28.4 Å². The maximum atomic E-state index is 12.7. The van der Waals surface area contributed by atoms with Crippen LogP contribution in [0.1, 0.15) is 18.4 Å². The number of aromatic amines is 2. The van der Waals surface area contributed by atoms with E-state index in [4.69, 9.17) is 0 Å². The highest BCUT2D eigenvalue weighted by atomic mass is 79.9. The van der Waals surface area contributed by atoms with Gasteiger partial charge in [-0.15, -0.1) is 0 Å². The smallest absolute Gasteiger partial charge is 0.323 e. The molecule has 0 aliphatic heterocycles. The second-order valence-corrected chi connectivity index (χ2v) is 6.80. The number of hydrogen-bond acceptors (Lipinski definition) is 2. The van der Waals surface area contributed by atoms with Gasteiger partial charge < -0.3 is 15.3 Å². The van der Waals surface area contributed by atoms with Crippen molar-refractivity contribution in [2.75, 3.05) is 5.32 Å². The topological polar surface area (TPSA) is 77.8 Å². The van der Waals surface area contributed by atoms with Crippen molar-refractivity contribution in [3.8, 4) is 0 Å². The molecule has 3 aromatic rings. The van der Waals surface area contributed by atoms with Crippen molar-refractivity contribution in [2.45, 2.75) is 18.3 Å². The Morgan fingerprint density at radius 3 is 2.61 bits per heavy atom. The van der Waals surface area contributed by atoms with Gasteiger partial charge in [-0.05, 0) is 48.7 Å². The van der Waals surface area contributed by atoms with Gasteiger partial charge in [0.25, 0.3) is 0 Å². The number of anilines is 1. The third-order valence-electron chi connectivity index (χ3n) is 4.34. The monoisotopic (exact) mass is 371 g/mol. The van der Waals surface area contributed by atoms with Crippen molar-refractivity contribution in [3.05, 3.63) is 63.0 Å². The van der Waals surface area contributed by atoms with Crippen LogP contribution in [0.25, 0.3) is 11.0 Å². The molecule has 0 spiro atoms. The molecule has 1 saturated carbocycles. The van der Waals surface area contributed by atoms with E-state index < -0.39 is 5.41 Å². The summed E-state index contributed by atoms with van der Waals surface area (Å²) in [6.07, 6.45) is 1.69. The standard InChI is InChI=1S/C17H14BrN3O2/c18-11-3-1-2-10(8-11)17(6-7-17)15(22)19-12-4-5-13-14(9-12)21-16(23)20-13/h1-5,8-9H,6-7H2,(H,19,22)(H2,20,21,23). The molecular weight excluding hydrogens is 358 g/mol. The van der Waals surface area contributed by atoms with E-state index in [-0.39, 0.29) is 11.6 Å². The second-order valence-electron chi connectivity index (χ2n) is 5.89. The summed E-state index contributed by atoms with van der Waals surface area (Å²) in [4.78, 5) is 29.4. The molecule has 1 aromatic heterocycles. The molecule has 1 amide bonds. The Hall–Kier alpha value is -2.34. The Bertz CT molecular complexity index is 969. The van der Waals surface area contributed by atoms with Crippen LogP contribution in [0.2, 0.25) is 0 Å². The summed E-state index contributed by atoms with van der Waals surface area (Å²) < 4.78 is 0.973. The predicted molar refractivity (Wildman–Crippen MR) is 92.6 cm³/mol. The quantitative estimate of drug-likeness (QED) is 0.660. The molecule has 0 unspecified atom stereocenters. The van der Waals surface area contributed by atoms with E-state index in [9.17, 15) is 9.59 Å². The molecule has 0 bridgehead atoms. The molecule has 1 fully saturated rings. The number of H-pyrrole nitrogens is 2. The minimum Gasteiger partial charge on any atom is -0.325 e. The lowest BCUT2D eigenvalue weighted by Crippen LogP contribution is -2.27. The Labute approximate surface area is 140 Å². The van der Waals surface area contributed by atoms with E-state index in [1.54, 1.807) is 18.2 Å². The zero-order chi connectivity index (χ0) is 16.0. The van der Waals surface area contributed by atoms with Crippen LogP contribution >= 0.6 is 15.9 Å². The number of carbonyl (C=O) groups is 1. The van der Waals surface area contributed by atoms with Gasteiger partial charge in [-0.3, -0.25) is 4.79 Å². The molecule has 1 aliphatic carbocycles. The summed E-state index contributed by atoms with van der Waals surface area (Å²) in [5.41, 5.74) is 2.42. The number of aromatic nitrogens is 2. The van der Waals surface area contributed by atoms with Crippen molar-refractivity contribution >= 4 is 38.6 Å². The number of nitrogens with one attached hydrogen (secondary N) is 3. The van der Waals surface area contributed by atoms with Gasteiger partial charge in [0.05, 0.1) is 16.4 Å². The lowest BCUT2D eigenvalue weighted by atomic mass is 9.95. The minimum atomic E-state index is -0.440. The van der Waals surface area contributed by atoms with Crippen LogP contribution in [-0.4, -0.2) is 15.9 Å². The van der Waals surface area contributed by atoms with Crippen LogP contribution in [-0.2, 0) is 10.2 Å². The van der Waals surface area contributed by atoms with Crippen molar-refractivity contribution in [1.82, 2.24) is 9.97 Å². The minimum absolute atomic E-state index is 0.00664. The van der Waals surface area contributed by atoms with Crippen molar-refractivity contribution in [2.24, 2.45) is 0 Å². The fourth-order valence-corrected chi connectivity index (χ4v) is 3.32. The number of carbonyl (C=O) groups excluding carboxylic acids is 1. The number of imidazole rings is 1. The molecule has 116 valence electrons. The average Bonchev–Trinajstić information content (AvgIpc) is 3.24. The zero-order valence-corrected chi connectivity index (χ0v) is 13.7. The second kappa shape index (κ2) is 5.09. The van der Waals surface area contributed by atoms with E-state index in [2.05, 4.69) is 31.2 Å². The Morgan fingerprint density at radius 1 is 1.09 bits per heavy atom. The average molecular weight is 372 g/mol. The van der Waals surface area contributed by atoms with Crippen molar-refractivity contribution in [1.29, 1.82) is 0 Å². The summed E-state index contributed by atoms with van der Waals surface area (Å²) in [7, 11) is 0.